The zero-order valence-electron chi connectivity index (χ0n) is 23.3. The lowest BCUT2D eigenvalue weighted by atomic mass is 10.0. The highest BCUT2D eigenvalue weighted by Crippen LogP contribution is 2.40. The highest BCUT2D eigenvalue weighted by atomic mass is 35.5. The molecule has 0 spiro atoms. The summed E-state index contributed by atoms with van der Waals surface area (Å²) < 4.78 is 37.4. The van der Waals surface area contributed by atoms with Crippen molar-refractivity contribution in [2.75, 3.05) is 51.1 Å². The number of halogens is 2. The minimum atomic E-state index is -4.05. The molecule has 13 heteroatoms. The first-order valence-corrected chi connectivity index (χ1v) is 15.3. The van der Waals surface area contributed by atoms with E-state index in [0.717, 1.165) is 35.6 Å². The Balaban J connectivity index is 1.48. The molecule has 41 heavy (non-hydrogen) atoms. The van der Waals surface area contributed by atoms with Crippen LogP contribution in [0.4, 0.5) is 17.3 Å². The number of fused-ring (bicyclic) bond motifs is 1. The van der Waals surface area contributed by atoms with Crippen LogP contribution in [0, 0.1) is 0 Å². The number of para-hydroxylation sites is 1. The highest BCUT2D eigenvalue weighted by Gasteiger charge is 2.25. The predicted molar refractivity (Wildman–Crippen MR) is 164 cm³/mol. The van der Waals surface area contributed by atoms with E-state index < -0.39 is 10.3 Å². The van der Waals surface area contributed by atoms with Crippen molar-refractivity contribution in [1.82, 2.24) is 18.8 Å². The van der Waals surface area contributed by atoms with Crippen LogP contribution in [-0.4, -0.2) is 74.2 Å². The molecule has 218 valence electrons. The van der Waals surface area contributed by atoms with Crippen LogP contribution in [0.3, 0.4) is 0 Å². The third-order valence-electron chi connectivity index (χ3n) is 7.24. The number of rotatable bonds is 9. The maximum absolute atomic E-state index is 12.8. The number of anilines is 3. The maximum atomic E-state index is 12.8. The molecule has 1 saturated heterocycles. The van der Waals surface area contributed by atoms with Gasteiger partial charge in [-0.15, -0.1) is 0 Å². The Morgan fingerprint density at radius 2 is 1.85 bits per heavy atom. The van der Waals surface area contributed by atoms with Crippen molar-refractivity contribution in [3.63, 3.8) is 0 Å². The van der Waals surface area contributed by atoms with Gasteiger partial charge in [0, 0.05) is 42.3 Å². The summed E-state index contributed by atoms with van der Waals surface area (Å²) in [4.78, 5) is 13.5. The number of nitrogens with one attached hydrogen (secondary N) is 1. The van der Waals surface area contributed by atoms with Crippen molar-refractivity contribution >= 4 is 61.7 Å². The molecule has 0 radical (unpaired) electrons. The summed E-state index contributed by atoms with van der Waals surface area (Å²) in [5.74, 6) is 0.821. The van der Waals surface area contributed by atoms with Crippen LogP contribution in [0.1, 0.15) is 19.8 Å². The second-order valence-corrected chi connectivity index (χ2v) is 12.2. The van der Waals surface area contributed by atoms with Crippen molar-refractivity contribution in [2.45, 2.75) is 25.8 Å². The minimum Gasteiger partial charge on any atom is -0.494 e. The fourth-order valence-electron chi connectivity index (χ4n) is 5.14. The quantitative estimate of drug-likeness (QED) is 0.249. The van der Waals surface area contributed by atoms with Crippen molar-refractivity contribution in [3.05, 3.63) is 58.8 Å². The Kier molecular flexibility index (Phi) is 8.62. The lowest BCUT2D eigenvalue weighted by Crippen LogP contribution is -2.42. The number of hydrogen-bond donors (Lipinski definition) is 1. The van der Waals surface area contributed by atoms with Gasteiger partial charge in [0.05, 0.1) is 52.5 Å². The Morgan fingerprint density at radius 1 is 1.12 bits per heavy atom. The lowest BCUT2D eigenvalue weighted by Gasteiger charge is -2.37. The molecule has 10 nitrogen and oxygen atoms in total. The van der Waals surface area contributed by atoms with Crippen molar-refractivity contribution in [1.29, 1.82) is 0 Å². The molecular weight excluding hydrogens is 587 g/mol. The molecule has 2 aromatic carbocycles. The van der Waals surface area contributed by atoms with E-state index in [2.05, 4.69) is 39.2 Å². The Hall–Kier alpha value is -3.09. The van der Waals surface area contributed by atoms with E-state index in [1.165, 1.54) is 12.4 Å². The van der Waals surface area contributed by atoms with Crippen molar-refractivity contribution in [3.8, 4) is 17.0 Å². The number of piperidine rings is 1. The number of ether oxygens (including phenoxy) is 1. The van der Waals surface area contributed by atoms with E-state index in [4.69, 9.17) is 32.1 Å². The molecule has 0 saturated carbocycles. The Morgan fingerprint density at radius 3 is 2.54 bits per heavy atom. The van der Waals surface area contributed by atoms with E-state index in [1.54, 1.807) is 38.3 Å². The molecule has 1 fully saturated rings. The van der Waals surface area contributed by atoms with Gasteiger partial charge >= 0.3 is 10.3 Å². The summed E-state index contributed by atoms with van der Waals surface area (Å²) in [5.41, 5.74) is 2.81. The number of methoxy groups -OCH3 is 1. The smallest absolute Gasteiger partial charge is 0.366 e. The third-order valence-corrected chi connectivity index (χ3v) is 9.13. The average molecular weight is 620 g/mol. The number of benzene rings is 2. The second-order valence-electron chi connectivity index (χ2n) is 9.92. The minimum absolute atomic E-state index is 0.00402. The summed E-state index contributed by atoms with van der Waals surface area (Å²) in [7, 11) is 1.77. The molecule has 1 aliphatic rings. The topological polar surface area (TPSA) is 102 Å². The Bertz CT molecular complexity index is 1670. The monoisotopic (exact) mass is 618 g/mol. The molecule has 3 heterocycles. The van der Waals surface area contributed by atoms with Gasteiger partial charge in [0.1, 0.15) is 5.75 Å². The van der Waals surface area contributed by atoms with E-state index in [9.17, 15) is 8.42 Å². The highest BCUT2D eigenvalue weighted by molar-refractivity contribution is 7.85. The van der Waals surface area contributed by atoms with Gasteiger partial charge in [-0.2, -0.15) is 8.42 Å². The second kappa shape index (κ2) is 12.0. The summed E-state index contributed by atoms with van der Waals surface area (Å²) >= 11 is 13.3. The molecule has 0 amide bonds. The van der Waals surface area contributed by atoms with Crippen LogP contribution >= 0.6 is 23.2 Å². The van der Waals surface area contributed by atoms with Crippen molar-refractivity contribution in [2.24, 2.45) is 0 Å². The van der Waals surface area contributed by atoms with Crippen LogP contribution in [0.5, 0.6) is 5.75 Å². The molecule has 1 aliphatic heterocycles. The van der Waals surface area contributed by atoms with Gasteiger partial charge < -0.3 is 19.9 Å². The SMILES string of the molecule is CCOS(=O)(=O)n1cc(-c2nc(Nc3cc(Cl)c(N4CCC(N(C)C)CC4)cc3OC)ncc2Cl)c2ccccc21. The summed E-state index contributed by atoms with van der Waals surface area (Å²) in [6, 6.07) is 11.3. The molecule has 0 aliphatic carbocycles. The molecular formula is C28H32Cl2N6O4S. The van der Waals surface area contributed by atoms with Gasteiger partial charge in [-0.1, -0.05) is 41.4 Å². The molecule has 0 bridgehead atoms. The summed E-state index contributed by atoms with van der Waals surface area (Å²) in [6.07, 6.45) is 5.02. The lowest BCUT2D eigenvalue weighted by molar-refractivity contribution is 0.249. The van der Waals surface area contributed by atoms with Gasteiger partial charge in [0.25, 0.3) is 0 Å². The van der Waals surface area contributed by atoms with Gasteiger partial charge in [0.15, 0.2) is 0 Å². The van der Waals surface area contributed by atoms with E-state index in [-0.39, 0.29) is 17.6 Å². The summed E-state index contributed by atoms with van der Waals surface area (Å²) in [6.45, 7) is 3.41. The number of aromatic nitrogens is 3. The van der Waals surface area contributed by atoms with E-state index >= 15 is 0 Å². The van der Waals surface area contributed by atoms with Crippen LogP contribution < -0.4 is 15.0 Å². The molecule has 5 rings (SSSR count). The molecule has 0 unspecified atom stereocenters. The van der Waals surface area contributed by atoms with Crippen LogP contribution in [-0.2, 0) is 14.5 Å². The van der Waals surface area contributed by atoms with Gasteiger partial charge in [-0.05, 0) is 46.0 Å². The number of nitrogens with zero attached hydrogens (tertiary/aromatic N) is 5. The summed E-state index contributed by atoms with van der Waals surface area (Å²) in [5, 5.41) is 4.67. The fraction of sp³-hybridized carbons (Fsp3) is 0.357. The average Bonchev–Trinajstić information content (AvgIpc) is 3.35. The first kappa shape index (κ1) is 29.4. The van der Waals surface area contributed by atoms with E-state index in [0.29, 0.717) is 44.7 Å². The standard InChI is InChI=1S/C28H32Cl2N6O4S/c1-5-40-41(37,38)36-17-20(19-8-6-7-9-24(19)36)27-22(30)16-31-28(33-27)32-23-14-21(29)25(15-26(23)39-4)35-12-10-18(11-13-35)34(2)3/h6-9,14-18H,5,10-13H2,1-4H3,(H,31,32,33). The van der Waals surface area contributed by atoms with Gasteiger partial charge in [0.2, 0.25) is 5.95 Å². The van der Waals surface area contributed by atoms with Crippen LogP contribution in [0.25, 0.3) is 22.2 Å². The van der Waals surface area contributed by atoms with Crippen molar-refractivity contribution < 1.29 is 17.3 Å². The van der Waals surface area contributed by atoms with E-state index in [1.807, 2.05) is 12.1 Å². The first-order chi connectivity index (χ1) is 19.6. The predicted octanol–water partition coefficient (Wildman–Crippen LogP) is 5.82. The van der Waals surface area contributed by atoms with Crippen LogP contribution in [0.2, 0.25) is 10.0 Å². The zero-order valence-corrected chi connectivity index (χ0v) is 25.6. The Labute approximate surface area is 250 Å². The third kappa shape index (κ3) is 5.96. The normalized spacial score (nSPS) is 14.7. The molecule has 1 N–H and O–H groups in total. The largest absolute Gasteiger partial charge is 0.494 e. The van der Waals surface area contributed by atoms with Gasteiger partial charge in [-0.25, -0.2) is 13.9 Å². The molecule has 4 aromatic rings. The molecule has 2 aromatic heterocycles. The van der Waals surface area contributed by atoms with Gasteiger partial charge in [-0.3, -0.25) is 4.18 Å². The zero-order chi connectivity index (χ0) is 29.3. The fourth-order valence-corrected chi connectivity index (χ4v) is 6.66. The molecule has 0 atom stereocenters. The number of hydrogen-bond acceptors (Lipinski definition) is 9. The maximum Gasteiger partial charge on any atom is 0.366 e. The van der Waals surface area contributed by atoms with Crippen LogP contribution in [0.15, 0.2) is 48.8 Å². The first-order valence-electron chi connectivity index (χ1n) is 13.2.